The van der Waals surface area contributed by atoms with E-state index >= 15 is 0 Å². The minimum Gasteiger partial charge on any atom is -0.113 e. The first-order chi connectivity index (χ1) is 10.1. The summed E-state index contributed by atoms with van der Waals surface area (Å²) in [6, 6.07) is 18.5. The number of aryl methyl sites for hydroxylation is 2. The van der Waals surface area contributed by atoms with Crippen molar-refractivity contribution in [2.75, 3.05) is 0 Å². The molecule has 0 aromatic heterocycles. The van der Waals surface area contributed by atoms with Gasteiger partial charge in [0.05, 0.1) is 5.38 Å². The summed E-state index contributed by atoms with van der Waals surface area (Å²) in [4.78, 5) is 0. The van der Waals surface area contributed by atoms with E-state index in [2.05, 4.69) is 50.2 Å². The molecule has 2 heteroatoms. The quantitative estimate of drug-likeness (QED) is 0.477. The van der Waals surface area contributed by atoms with Crippen LogP contribution in [-0.4, -0.2) is 0 Å². The van der Waals surface area contributed by atoms with Gasteiger partial charge in [0.25, 0.3) is 0 Å². The molecule has 0 bridgehead atoms. The predicted molar refractivity (Wildman–Crippen MR) is 92.6 cm³/mol. The first kappa shape index (κ1) is 14.4. The molecule has 0 saturated carbocycles. The summed E-state index contributed by atoms with van der Waals surface area (Å²) in [5.41, 5.74) is 4.60. The fourth-order valence-electron chi connectivity index (χ4n) is 2.78. The molecular weight excluding hydrogens is 299 g/mol. The molecule has 0 aliphatic carbocycles. The highest BCUT2D eigenvalue weighted by Crippen LogP contribution is 2.38. The van der Waals surface area contributed by atoms with Crippen molar-refractivity contribution in [2.45, 2.75) is 19.2 Å². The van der Waals surface area contributed by atoms with E-state index in [0.717, 1.165) is 16.1 Å². The summed E-state index contributed by atoms with van der Waals surface area (Å²) in [5.74, 6) is 0. The summed E-state index contributed by atoms with van der Waals surface area (Å²) in [6.45, 7) is 4.18. The number of halogens is 2. The molecule has 0 fully saturated rings. The highest BCUT2D eigenvalue weighted by Gasteiger charge is 2.18. The maximum absolute atomic E-state index is 6.83. The summed E-state index contributed by atoms with van der Waals surface area (Å²) in [5, 5.41) is 2.94. The SMILES string of the molecule is Cc1ccc(Cl)cc1C(Cl)c1c(C)ccc2ccccc12. The Morgan fingerprint density at radius 3 is 2.38 bits per heavy atom. The Labute approximate surface area is 135 Å². The van der Waals surface area contributed by atoms with E-state index in [1.807, 2.05) is 18.2 Å². The van der Waals surface area contributed by atoms with Gasteiger partial charge >= 0.3 is 0 Å². The van der Waals surface area contributed by atoms with Crippen LogP contribution in [0.2, 0.25) is 5.02 Å². The van der Waals surface area contributed by atoms with Gasteiger partial charge in [-0.3, -0.25) is 0 Å². The van der Waals surface area contributed by atoms with Crippen molar-refractivity contribution in [1.82, 2.24) is 0 Å². The molecule has 0 amide bonds. The van der Waals surface area contributed by atoms with Crippen LogP contribution in [0.1, 0.15) is 27.6 Å². The van der Waals surface area contributed by atoms with Gasteiger partial charge in [-0.05, 0) is 59.0 Å². The lowest BCUT2D eigenvalue weighted by atomic mass is 9.92. The molecule has 0 heterocycles. The number of benzene rings is 3. The van der Waals surface area contributed by atoms with Crippen LogP contribution in [0.25, 0.3) is 10.8 Å². The highest BCUT2D eigenvalue weighted by atomic mass is 35.5. The average Bonchev–Trinajstić information content (AvgIpc) is 2.49. The maximum atomic E-state index is 6.83. The van der Waals surface area contributed by atoms with Crippen LogP contribution in [0.5, 0.6) is 0 Å². The van der Waals surface area contributed by atoms with Gasteiger partial charge in [-0.1, -0.05) is 54.1 Å². The van der Waals surface area contributed by atoms with Crippen LogP contribution in [0.4, 0.5) is 0 Å². The standard InChI is InChI=1S/C19H16Cl2/c1-12-8-10-15(20)11-17(12)19(21)18-13(2)7-9-14-5-3-4-6-16(14)18/h3-11,19H,1-2H3. The van der Waals surface area contributed by atoms with Gasteiger partial charge in [-0.2, -0.15) is 0 Å². The fraction of sp³-hybridized carbons (Fsp3) is 0.158. The lowest BCUT2D eigenvalue weighted by Crippen LogP contribution is -2.00. The third-order valence-electron chi connectivity index (χ3n) is 3.96. The number of rotatable bonds is 2. The van der Waals surface area contributed by atoms with Crippen LogP contribution >= 0.6 is 23.2 Å². The van der Waals surface area contributed by atoms with Crippen molar-refractivity contribution in [3.8, 4) is 0 Å². The number of alkyl halides is 1. The third-order valence-corrected chi connectivity index (χ3v) is 4.64. The molecule has 0 saturated heterocycles. The lowest BCUT2D eigenvalue weighted by Gasteiger charge is -2.18. The molecule has 0 N–H and O–H groups in total. The number of hydrogen-bond donors (Lipinski definition) is 0. The van der Waals surface area contributed by atoms with Gasteiger partial charge in [-0.15, -0.1) is 11.6 Å². The largest absolute Gasteiger partial charge is 0.113 e. The lowest BCUT2D eigenvalue weighted by molar-refractivity contribution is 1.10. The van der Waals surface area contributed by atoms with Crippen LogP contribution < -0.4 is 0 Å². The Balaban J connectivity index is 2.24. The fourth-order valence-corrected chi connectivity index (χ4v) is 3.49. The smallest absolute Gasteiger partial charge is 0.0847 e. The molecule has 3 aromatic carbocycles. The van der Waals surface area contributed by atoms with E-state index in [4.69, 9.17) is 23.2 Å². The van der Waals surface area contributed by atoms with Crippen molar-refractivity contribution >= 4 is 34.0 Å². The zero-order valence-electron chi connectivity index (χ0n) is 12.0. The van der Waals surface area contributed by atoms with Crippen LogP contribution in [0.3, 0.4) is 0 Å². The van der Waals surface area contributed by atoms with Gasteiger partial charge in [0.1, 0.15) is 0 Å². The second kappa shape index (κ2) is 5.71. The third kappa shape index (κ3) is 2.66. The van der Waals surface area contributed by atoms with E-state index in [1.165, 1.54) is 21.9 Å². The molecule has 3 aromatic rings. The van der Waals surface area contributed by atoms with Crippen LogP contribution in [0, 0.1) is 13.8 Å². The molecule has 1 atom stereocenters. The van der Waals surface area contributed by atoms with E-state index < -0.39 is 0 Å². The Bertz CT molecular complexity index is 806. The van der Waals surface area contributed by atoms with E-state index in [9.17, 15) is 0 Å². The Morgan fingerprint density at radius 2 is 1.57 bits per heavy atom. The number of fused-ring (bicyclic) bond motifs is 1. The molecule has 106 valence electrons. The normalized spacial score (nSPS) is 12.6. The second-order valence-electron chi connectivity index (χ2n) is 5.38. The monoisotopic (exact) mass is 314 g/mol. The van der Waals surface area contributed by atoms with Gasteiger partial charge in [0.15, 0.2) is 0 Å². The first-order valence-corrected chi connectivity index (χ1v) is 7.78. The van der Waals surface area contributed by atoms with E-state index in [0.29, 0.717) is 0 Å². The van der Waals surface area contributed by atoms with Crippen molar-refractivity contribution in [2.24, 2.45) is 0 Å². The summed E-state index contributed by atoms with van der Waals surface area (Å²) in [7, 11) is 0. The zero-order valence-corrected chi connectivity index (χ0v) is 13.5. The van der Waals surface area contributed by atoms with Crippen LogP contribution in [0.15, 0.2) is 54.6 Å². The minimum absolute atomic E-state index is 0.199. The average molecular weight is 315 g/mol. The van der Waals surface area contributed by atoms with Crippen LogP contribution in [-0.2, 0) is 0 Å². The molecule has 0 radical (unpaired) electrons. The summed E-state index contributed by atoms with van der Waals surface area (Å²) in [6.07, 6.45) is 0. The minimum atomic E-state index is -0.199. The molecule has 0 nitrogen and oxygen atoms in total. The zero-order chi connectivity index (χ0) is 15.0. The summed E-state index contributed by atoms with van der Waals surface area (Å²) >= 11 is 13.0. The number of hydrogen-bond acceptors (Lipinski definition) is 0. The Morgan fingerprint density at radius 1 is 0.857 bits per heavy atom. The van der Waals surface area contributed by atoms with Crippen molar-refractivity contribution in [3.63, 3.8) is 0 Å². The topological polar surface area (TPSA) is 0 Å². The molecule has 0 aliphatic heterocycles. The molecule has 0 aliphatic rings. The molecule has 0 spiro atoms. The molecular formula is C19H16Cl2. The molecule has 1 unspecified atom stereocenters. The van der Waals surface area contributed by atoms with E-state index in [-0.39, 0.29) is 5.38 Å². The Kier molecular flexibility index (Phi) is 3.93. The van der Waals surface area contributed by atoms with E-state index in [1.54, 1.807) is 0 Å². The van der Waals surface area contributed by atoms with Crippen molar-refractivity contribution in [1.29, 1.82) is 0 Å². The predicted octanol–water partition coefficient (Wildman–Crippen LogP) is 6.44. The highest BCUT2D eigenvalue weighted by molar-refractivity contribution is 6.31. The molecule has 3 rings (SSSR count). The molecule has 21 heavy (non-hydrogen) atoms. The van der Waals surface area contributed by atoms with Gasteiger partial charge in [-0.25, -0.2) is 0 Å². The van der Waals surface area contributed by atoms with Gasteiger partial charge in [0, 0.05) is 5.02 Å². The van der Waals surface area contributed by atoms with Crippen molar-refractivity contribution < 1.29 is 0 Å². The Hall–Kier alpha value is -1.50. The first-order valence-electron chi connectivity index (χ1n) is 6.96. The summed E-state index contributed by atoms with van der Waals surface area (Å²) < 4.78 is 0. The van der Waals surface area contributed by atoms with Crippen molar-refractivity contribution in [3.05, 3.63) is 81.9 Å². The van der Waals surface area contributed by atoms with Gasteiger partial charge in [0.2, 0.25) is 0 Å². The van der Waals surface area contributed by atoms with Gasteiger partial charge < -0.3 is 0 Å². The maximum Gasteiger partial charge on any atom is 0.0847 e. The second-order valence-corrected chi connectivity index (χ2v) is 6.25.